The van der Waals surface area contributed by atoms with Crippen molar-refractivity contribution in [2.45, 2.75) is 0 Å². The lowest BCUT2D eigenvalue weighted by molar-refractivity contribution is 1.31. The van der Waals surface area contributed by atoms with Crippen molar-refractivity contribution >= 4 is 21.8 Å². The van der Waals surface area contributed by atoms with Crippen LogP contribution in [0.15, 0.2) is 54.9 Å². The van der Waals surface area contributed by atoms with Gasteiger partial charge in [0.25, 0.3) is 0 Å². The Bertz CT molecular complexity index is 825. The summed E-state index contributed by atoms with van der Waals surface area (Å²) in [7, 11) is 0. The van der Waals surface area contributed by atoms with Gasteiger partial charge in [-0.3, -0.25) is 0 Å². The molecular weight excluding hydrogens is 222 g/mol. The van der Waals surface area contributed by atoms with Crippen molar-refractivity contribution in [1.82, 2.24) is 15.0 Å². The Kier molecular flexibility index (Phi) is 1.83. The summed E-state index contributed by atoms with van der Waals surface area (Å²) in [5.74, 6) is 0.899. The lowest BCUT2D eigenvalue weighted by Gasteiger charge is -1.97. The number of H-pyrrole nitrogens is 2. The lowest BCUT2D eigenvalue weighted by atomic mass is 10.1. The van der Waals surface area contributed by atoms with Gasteiger partial charge in [0.1, 0.15) is 5.82 Å². The summed E-state index contributed by atoms with van der Waals surface area (Å²) >= 11 is 0. The fourth-order valence-corrected chi connectivity index (χ4v) is 2.43. The number of para-hydroxylation sites is 1. The van der Waals surface area contributed by atoms with Crippen LogP contribution in [-0.4, -0.2) is 15.0 Å². The average molecular weight is 233 g/mol. The van der Waals surface area contributed by atoms with Gasteiger partial charge in [-0.2, -0.15) is 0 Å². The van der Waals surface area contributed by atoms with E-state index in [-0.39, 0.29) is 0 Å². The molecular formula is C15H11N3. The van der Waals surface area contributed by atoms with Gasteiger partial charge in [0, 0.05) is 39.8 Å². The molecule has 0 saturated heterocycles. The quantitative estimate of drug-likeness (QED) is 0.517. The summed E-state index contributed by atoms with van der Waals surface area (Å²) in [6, 6.07) is 14.7. The number of rotatable bonds is 1. The molecule has 2 N–H and O–H groups in total. The maximum atomic E-state index is 4.28. The third kappa shape index (κ3) is 1.27. The monoisotopic (exact) mass is 233 g/mol. The number of imidazole rings is 1. The van der Waals surface area contributed by atoms with Crippen molar-refractivity contribution in [1.29, 1.82) is 0 Å². The SMILES string of the molecule is c1ccc2c(c1)[nH]c1cc(-c3ncc[nH]3)ccc12. The van der Waals surface area contributed by atoms with Gasteiger partial charge in [0.2, 0.25) is 0 Å². The molecule has 0 aliphatic rings. The first-order valence-electron chi connectivity index (χ1n) is 5.92. The zero-order chi connectivity index (χ0) is 11.9. The van der Waals surface area contributed by atoms with E-state index in [1.54, 1.807) is 6.20 Å². The first-order chi connectivity index (χ1) is 8.92. The standard InChI is InChI=1S/C15H11N3/c1-2-4-13-11(3-1)12-6-5-10(9-14(12)18-13)15-16-7-8-17-15/h1-9,18H,(H,16,17). The van der Waals surface area contributed by atoms with Crippen LogP contribution >= 0.6 is 0 Å². The Hall–Kier alpha value is -2.55. The van der Waals surface area contributed by atoms with E-state index >= 15 is 0 Å². The van der Waals surface area contributed by atoms with Crippen molar-refractivity contribution < 1.29 is 0 Å². The smallest absolute Gasteiger partial charge is 0.137 e. The molecule has 3 nitrogen and oxygen atoms in total. The molecule has 0 amide bonds. The first-order valence-corrected chi connectivity index (χ1v) is 5.92. The number of hydrogen-bond acceptors (Lipinski definition) is 1. The van der Waals surface area contributed by atoms with Crippen LogP contribution < -0.4 is 0 Å². The van der Waals surface area contributed by atoms with Gasteiger partial charge in [-0.05, 0) is 12.1 Å². The summed E-state index contributed by atoms with van der Waals surface area (Å²) in [5, 5.41) is 2.51. The fraction of sp³-hybridized carbons (Fsp3) is 0. The predicted octanol–water partition coefficient (Wildman–Crippen LogP) is 3.71. The van der Waals surface area contributed by atoms with E-state index in [2.05, 4.69) is 51.4 Å². The molecule has 2 aromatic carbocycles. The molecule has 86 valence electrons. The Labute approximate surface area is 103 Å². The molecule has 0 bridgehead atoms. The van der Waals surface area contributed by atoms with Crippen LogP contribution in [0.2, 0.25) is 0 Å². The zero-order valence-corrected chi connectivity index (χ0v) is 9.64. The van der Waals surface area contributed by atoms with E-state index in [1.807, 2.05) is 12.3 Å². The largest absolute Gasteiger partial charge is 0.354 e. The first kappa shape index (κ1) is 9.48. The molecule has 0 fully saturated rings. The van der Waals surface area contributed by atoms with Gasteiger partial charge in [0.05, 0.1) is 0 Å². The molecule has 0 aliphatic heterocycles. The molecule has 0 aliphatic carbocycles. The van der Waals surface area contributed by atoms with Gasteiger partial charge in [0.15, 0.2) is 0 Å². The second kappa shape index (κ2) is 3.47. The molecule has 0 unspecified atom stereocenters. The molecule has 4 rings (SSSR count). The van der Waals surface area contributed by atoms with Gasteiger partial charge in [-0.1, -0.05) is 30.3 Å². The third-order valence-electron chi connectivity index (χ3n) is 3.28. The highest BCUT2D eigenvalue weighted by Crippen LogP contribution is 2.28. The fourth-order valence-electron chi connectivity index (χ4n) is 2.43. The molecule has 0 spiro atoms. The third-order valence-corrected chi connectivity index (χ3v) is 3.28. The van der Waals surface area contributed by atoms with E-state index < -0.39 is 0 Å². The highest BCUT2D eigenvalue weighted by Gasteiger charge is 2.06. The minimum Gasteiger partial charge on any atom is -0.354 e. The normalized spacial score (nSPS) is 11.3. The van der Waals surface area contributed by atoms with E-state index in [1.165, 1.54) is 16.3 Å². The van der Waals surface area contributed by atoms with Gasteiger partial charge in [-0.25, -0.2) is 4.98 Å². The molecule has 0 atom stereocenters. The predicted molar refractivity (Wildman–Crippen MR) is 73.4 cm³/mol. The highest BCUT2D eigenvalue weighted by molar-refractivity contribution is 6.07. The average Bonchev–Trinajstić information content (AvgIpc) is 3.05. The minimum atomic E-state index is 0.899. The molecule has 0 saturated carbocycles. The molecule has 18 heavy (non-hydrogen) atoms. The van der Waals surface area contributed by atoms with Crippen LogP contribution in [0.1, 0.15) is 0 Å². The molecule has 4 aromatic rings. The second-order valence-electron chi connectivity index (χ2n) is 4.37. The summed E-state index contributed by atoms with van der Waals surface area (Å²) in [5.41, 5.74) is 3.41. The van der Waals surface area contributed by atoms with Crippen molar-refractivity contribution in [3.63, 3.8) is 0 Å². The van der Waals surface area contributed by atoms with E-state index in [4.69, 9.17) is 0 Å². The molecule has 3 heteroatoms. The minimum absolute atomic E-state index is 0.899. The highest BCUT2D eigenvalue weighted by atomic mass is 14.9. The molecule has 2 aromatic heterocycles. The van der Waals surface area contributed by atoms with E-state index in [0.29, 0.717) is 0 Å². The Morgan fingerprint density at radius 1 is 0.889 bits per heavy atom. The van der Waals surface area contributed by atoms with E-state index in [9.17, 15) is 0 Å². The Morgan fingerprint density at radius 2 is 1.78 bits per heavy atom. The van der Waals surface area contributed by atoms with Crippen molar-refractivity contribution in [2.75, 3.05) is 0 Å². The number of benzene rings is 2. The number of aromatic amines is 2. The van der Waals surface area contributed by atoms with Gasteiger partial charge < -0.3 is 9.97 Å². The summed E-state index contributed by atoms with van der Waals surface area (Å²) < 4.78 is 0. The molecule has 2 heterocycles. The number of fused-ring (bicyclic) bond motifs is 3. The van der Waals surface area contributed by atoms with Crippen LogP contribution in [0, 0.1) is 0 Å². The van der Waals surface area contributed by atoms with Gasteiger partial charge in [-0.15, -0.1) is 0 Å². The van der Waals surface area contributed by atoms with E-state index in [0.717, 1.165) is 16.9 Å². The number of nitrogens with one attached hydrogen (secondary N) is 2. The zero-order valence-electron chi connectivity index (χ0n) is 9.64. The summed E-state index contributed by atoms with van der Waals surface area (Å²) in [4.78, 5) is 10.8. The maximum Gasteiger partial charge on any atom is 0.137 e. The topological polar surface area (TPSA) is 44.5 Å². The number of hydrogen-bond donors (Lipinski definition) is 2. The lowest BCUT2D eigenvalue weighted by Crippen LogP contribution is -1.79. The van der Waals surface area contributed by atoms with Gasteiger partial charge >= 0.3 is 0 Å². The summed E-state index contributed by atoms with van der Waals surface area (Å²) in [6.07, 6.45) is 3.61. The van der Waals surface area contributed by atoms with Crippen LogP contribution in [-0.2, 0) is 0 Å². The number of nitrogens with zero attached hydrogens (tertiary/aromatic N) is 1. The Balaban J connectivity index is 2.04. The van der Waals surface area contributed by atoms with Crippen LogP contribution in [0.25, 0.3) is 33.2 Å². The van der Waals surface area contributed by atoms with Crippen molar-refractivity contribution in [2.24, 2.45) is 0 Å². The summed E-state index contributed by atoms with van der Waals surface area (Å²) in [6.45, 7) is 0. The molecule has 0 radical (unpaired) electrons. The van der Waals surface area contributed by atoms with Crippen molar-refractivity contribution in [3.05, 3.63) is 54.9 Å². The Morgan fingerprint density at radius 3 is 2.67 bits per heavy atom. The van der Waals surface area contributed by atoms with Crippen LogP contribution in [0.4, 0.5) is 0 Å². The maximum absolute atomic E-state index is 4.28. The number of aromatic nitrogens is 3. The van der Waals surface area contributed by atoms with Crippen LogP contribution in [0.3, 0.4) is 0 Å². The second-order valence-corrected chi connectivity index (χ2v) is 4.37. The van der Waals surface area contributed by atoms with Crippen LogP contribution in [0.5, 0.6) is 0 Å². The van der Waals surface area contributed by atoms with Crippen molar-refractivity contribution in [3.8, 4) is 11.4 Å².